The zero-order valence-electron chi connectivity index (χ0n) is 19.9. The highest BCUT2D eigenvalue weighted by atomic mass is 19.4. The molecular formula is C26H28F6N2O2. The summed E-state index contributed by atoms with van der Waals surface area (Å²) in [5.74, 6) is 0.758. The van der Waals surface area contributed by atoms with Crippen LogP contribution in [0.1, 0.15) is 55.7 Å². The van der Waals surface area contributed by atoms with Crippen molar-refractivity contribution in [1.29, 1.82) is 0 Å². The molecule has 2 aromatic carbocycles. The summed E-state index contributed by atoms with van der Waals surface area (Å²) in [6, 6.07) is 7.83. The monoisotopic (exact) mass is 514 g/mol. The Kier molecular flexibility index (Phi) is 8.26. The highest BCUT2D eigenvalue weighted by Gasteiger charge is 2.38. The number of hydrogen-bond acceptors (Lipinski definition) is 2. The molecule has 0 aromatic heterocycles. The molecule has 0 bridgehead atoms. The number of alkyl halides is 6. The van der Waals surface area contributed by atoms with Gasteiger partial charge in [0.1, 0.15) is 5.75 Å². The molecule has 196 valence electrons. The molecule has 1 fully saturated rings. The molecule has 1 aliphatic rings. The number of carbonyl (C=O) groups excluding carboxylic acids is 1. The van der Waals surface area contributed by atoms with Crippen molar-refractivity contribution in [3.8, 4) is 5.75 Å². The molecule has 0 radical (unpaired) electrons. The second kappa shape index (κ2) is 10.8. The van der Waals surface area contributed by atoms with E-state index in [-0.39, 0.29) is 18.0 Å². The van der Waals surface area contributed by atoms with Crippen molar-refractivity contribution in [3.05, 3.63) is 65.2 Å². The second-order valence-corrected chi connectivity index (χ2v) is 9.11. The molecular weight excluding hydrogens is 486 g/mol. The first-order valence-electron chi connectivity index (χ1n) is 11.5. The predicted molar refractivity (Wildman–Crippen MR) is 126 cm³/mol. The van der Waals surface area contributed by atoms with Crippen LogP contribution in [0.3, 0.4) is 0 Å². The molecule has 1 saturated carbocycles. The lowest BCUT2D eigenvalue weighted by atomic mass is 9.66. The highest BCUT2D eigenvalue weighted by Crippen LogP contribution is 2.44. The van der Waals surface area contributed by atoms with Crippen LogP contribution in [-0.2, 0) is 12.4 Å². The molecule has 10 heteroatoms. The van der Waals surface area contributed by atoms with Gasteiger partial charge in [-0.2, -0.15) is 26.3 Å². The van der Waals surface area contributed by atoms with Crippen LogP contribution >= 0.6 is 0 Å². The number of benzene rings is 2. The number of nitrogens with one attached hydrogen (secondary N) is 2. The number of methoxy groups -OCH3 is 1. The van der Waals surface area contributed by atoms with Gasteiger partial charge in [0.2, 0.25) is 0 Å². The summed E-state index contributed by atoms with van der Waals surface area (Å²) in [5.41, 5.74) is -1.59. The third-order valence-corrected chi connectivity index (χ3v) is 6.53. The fourth-order valence-electron chi connectivity index (χ4n) is 4.24. The number of hydrogen-bond donors (Lipinski definition) is 2. The van der Waals surface area contributed by atoms with Gasteiger partial charge in [0.05, 0.1) is 18.2 Å². The Hall–Kier alpha value is -3.17. The Balaban J connectivity index is 1.60. The number of ether oxygens (including phenoxy) is 1. The first kappa shape index (κ1) is 27.4. The van der Waals surface area contributed by atoms with Gasteiger partial charge in [-0.15, -0.1) is 0 Å². The van der Waals surface area contributed by atoms with Crippen molar-refractivity contribution < 1.29 is 35.9 Å². The average molecular weight is 515 g/mol. The summed E-state index contributed by atoms with van der Waals surface area (Å²) in [4.78, 5) is 12.3. The van der Waals surface area contributed by atoms with E-state index in [1.165, 1.54) is 0 Å². The van der Waals surface area contributed by atoms with Crippen LogP contribution in [0.5, 0.6) is 5.75 Å². The van der Waals surface area contributed by atoms with Crippen molar-refractivity contribution >= 4 is 17.3 Å². The molecule has 4 nitrogen and oxygen atoms in total. The van der Waals surface area contributed by atoms with Gasteiger partial charge in [0.15, 0.2) is 0 Å². The van der Waals surface area contributed by atoms with Crippen LogP contribution in [0.4, 0.5) is 36.8 Å². The van der Waals surface area contributed by atoms with Crippen molar-refractivity contribution in [3.63, 3.8) is 0 Å². The molecule has 2 N–H and O–H groups in total. The maximum absolute atomic E-state index is 13.0. The van der Waals surface area contributed by atoms with Crippen LogP contribution in [0.2, 0.25) is 0 Å². The van der Waals surface area contributed by atoms with Gasteiger partial charge in [-0.25, -0.2) is 4.79 Å². The molecule has 2 amide bonds. The minimum atomic E-state index is -4.99. The molecule has 0 spiro atoms. The van der Waals surface area contributed by atoms with Crippen LogP contribution in [0.15, 0.2) is 48.5 Å². The number of amides is 2. The number of halogens is 6. The zero-order chi connectivity index (χ0) is 26.6. The standard InChI is InChI=1S/C26H28F6N2O2/c1-17(18-7-3-8-22(12-18)36-2)6-4-9-24(10-5-11-24)16-33-23(35)34-21-14-19(25(27,28)29)13-20(15-21)26(30,31)32/h3,6-8,12-15H,4-5,9-11,16H2,1-2H3,(H2,33,34,35)/b17-6+. The molecule has 0 heterocycles. The van der Waals surface area contributed by atoms with E-state index in [0.29, 0.717) is 12.1 Å². The predicted octanol–water partition coefficient (Wildman–Crippen LogP) is 7.91. The SMILES string of the molecule is COc1cccc(/C(C)=C/CCC2(CNC(=O)Nc3cc(C(F)(F)F)cc(C(F)(F)F)c3)CCC2)c1. The number of urea groups is 1. The summed E-state index contributed by atoms with van der Waals surface area (Å²) in [6.07, 6.45) is -3.57. The van der Waals surface area contributed by atoms with Crippen molar-refractivity contribution in [2.24, 2.45) is 5.41 Å². The minimum absolute atomic E-state index is 0.0213. The number of carbonyl (C=O) groups is 1. The lowest BCUT2D eigenvalue weighted by Gasteiger charge is -2.42. The molecule has 0 unspecified atom stereocenters. The average Bonchev–Trinajstić information content (AvgIpc) is 2.78. The van der Waals surface area contributed by atoms with Crippen LogP contribution in [0, 0.1) is 5.41 Å². The molecule has 0 atom stereocenters. The van der Waals surface area contributed by atoms with E-state index < -0.39 is 35.2 Å². The Labute approximate surface area is 205 Å². The van der Waals surface area contributed by atoms with E-state index in [1.54, 1.807) is 7.11 Å². The van der Waals surface area contributed by atoms with E-state index in [4.69, 9.17) is 4.74 Å². The first-order valence-corrected chi connectivity index (χ1v) is 11.5. The van der Waals surface area contributed by atoms with Crippen molar-refractivity contribution in [1.82, 2.24) is 5.32 Å². The zero-order valence-corrected chi connectivity index (χ0v) is 19.9. The van der Waals surface area contributed by atoms with Gasteiger partial charge < -0.3 is 15.4 Å². The van der Waals surface area contributed by atoms with Crippen LogP contribution in [0.25, 0.3) is 5.57 Å². The van der Waals surface area contributed by atoms with E-state index >= 15 is 0 Å². The maximum Gasteiger partial charge on any atom is 0.416 e. The molecule has 3 rings (SSSR count). The molecule has 2 aromatic rings. The third-order valence-electron chi connectivity index (χ3n) is 6.53. The summed E-state index contributed by atoms with van der Waals surface area (Å²) in [7, 11) is 1.60. The third kappa shape index (κ3) is 7.18. The summed E-state index contributed by atoms with van der Waals surface area (Å²) < 4.78 is 83.5. The van der Waals surface area contributed by atoms with E-state index in [0.717, 1.165) is 49.0 Å². The van der Waals surface area contributed by atoms with E-state index in [1.807, 2.05) is 31.2 Å². The summed E-state index contributed by atoms with van der Waals surface area (Å²) in [6.45, 7) is 2.27. The van der Waals surface area contributed by atoms with Gasteiger partial charge in [0.25, 0.3) is 0 Å². The summed E-state index contributed by atoms with van der Waals surface area (Å²) in [5, 5.41) is 4.75. The fraction of sp³-hybridized carbons (Fsp3) is 0.423. The van der Waals surface area contributed by atoms with Crippen molar-refractivity contribution in [2.45, 2.75) is 51.4 Å². The van der Waals surface area contributed by atoms with E-state index in [2.05, 4.69) is 16.7 Å². The van der Waals surface area contributed by atoms with Gasteiger partial charge in [-0.1, -0.05) is 24.6 Å². The second-order valence-electron chi connectivity index (χ2n) is 9.11. The Morgan fingerprint density at radius 1 is 1.03 bits per heavy atom. The van der Waals surface area contributed by atoms with Crippen molar-refractivity contribution in [2.75, 3.05) is 19.0 Å². The minimum Gasteiger partial charge on any atom is -0.497 e. The smallest absolute Gasteiger partial charge is 0.416 e. The van der Waals surface area contributed by atoms with Gasteiger partial charge in [0, 0.05) is 12.2 Å². The largest absolute Gasteiger partial charge is 0.497 e. The fourth-order valence-corrected chi connectivity index (χ4v) is 4.24. The highest BCUT2D eigenvalue weighted by molar-refractivity contribution is 5.89. The number of rotatable bonds is 8. The lowest BCUT2D eigenvalue weighted by molar-refractivity contribution is -0.143. The number of anilines is 1. The van der Waals surface area contributed by atoms with Gasteiger partial charge in [-0.05, 0) is 79.5 Å². The van der Waals surface area contributed by atoms with Gasteiger partial charge >= 0.3 is 18.4 Å². The molecule has 0 saturated heterocycles. The summed E-state index contributed by atoms with van der Waals surface area (Å²) >= 11 is 0. The topological polar surface area (TPSA) is 50.4 Å². The molecule has 36 heavy (non-hydrogen) atoms. The first-order chi connectivity index (χ1) is 16.8. The van der Waals surface area contributed by atoms with Gasteiger partial charge in [-0.3, -0.25) is 0 Å². The van der Waals surface area contributed by atoms with Crippen LogP contribution in [-0.4, -0.2) is 19.7 Å². The normalized spacial score (nSPS) is 15.7. The van der Waals surface area contributed by atoms with Crippen LogP contribution < -0.4 is 15.4 Å². The lowest BCUT2D eigenvalue weighted by Crippen LogP contribution is -2.43. The Morgan fingerprint density at radius 3 is 2.19 bits per heavy atom. The molecule has 0 aliphatic heterocycles. The Bertz CT molecular complexity index is 1070. The molecule has 1 aliphatic carbocycles. The Morgan fingerprint density at radius 2 is 1.67 bits per heavy atom. The number of allylic oxidation sites excluding steroid dienone is 2. The van der Waals surface area contributed by atoms with E-state index in [9.17, 15) is 31.1 Å². The maximum atomic E-state index is 13.0. The quantitative estimate of drug-likeness (QED) is 0.352.